The van der Waals surface area contributed by atoms with E-state index in [-0.39, 0.29) is 10.8 Å². The normalized spacial score (nSPS) is 22.6. The maximum Gasteiger partial charge on any atom is 0.262 e. The Morgan fingerprint density at radius 3 is 2.95 bits per heavy atom. The van der Waals surface area contributed by atoms with Gasteiger partial charge in [-0.2, -0.15) is 9.29 Å². The molecule has 7 nitrogen and oxygen atoms in total. The monoisotopic (exact) mass is 315 g/mol. The minimum Gasteiger partial charge on any atom is -0.306 e. The number of hydrazine groups is 1. The third-order valence-corrected chi connectivity index (χ3v) is 6.38. The van der Waals surface area contributed by atoms with Gasteiger partial charge in [0, 0.05) is 25.2 Å². The molecule has 3 rings (SSSR count). The van der Waals surface area contributed by atoms with Crippen LogP contribution in [-0.2, 0) is 10.0 Å². The Bertz CT molecular complexity index is 735. The third-order valence-electron chi connectivity index (χ3n) is 3.78. The Balaban J connectivity index is 2.01. The molecule has 2 atom stereocenters. The summed E-state index contributed by atoms with van der Waals surface area (Å²) in [7, 11) is -2.01. The molecule has 2 aromatic rings. The van der Waals surface area contributed by atoms with Crippen LogP contribution in [0.1, 0.15) is 13.3 Å². The van der Waals surface area contributed by atoms with Gasteiger partial charge in [0.25, 0.3) is 10.0 Å². The molecular weight excluding hydrogens is 298 g/mol. The van der Waals surface area contributed by atoms with Gasteiger partial charge in [0.1, 0.15) is 0 Å². The van der Waals surface area contributed by atoms with Crippen LogP contribution >= 0.6 is 11.3 Å². The van der Waals surface area contributed by atoms with Crippen LogP contribution in [0.2, 0.25) is 0 Å². The summed E-state index contributed by atoms with van der Waals surface area (Å²) in [6.45, 7) is 2.67. The van der Waals surface area contributed by atoms with Crippen LogP contribution in [0.4, 0.5) is 5.82 Å². The first-order valence-electron chi connectivity index (χ1n) is 6.33. The number of nitrogens with two attached hydrogens (primary N) is 1. The lowest BCUT2D eigenvalue weighted by molar-refractivity contribution is 0.442. The van der Waals surface area contributed by atoms with E-state index in [1.54, 1.807) is 23.0 Å². The summed E-state index contributed by atoms with van der Waals surface area (Å²) in [6.07, 6.45) is 2.77. The van der Waals surface area contributed by atoms with Gasteiger partial charge in [0.2, 0.25) is 5.03 Å². The Hall–Kier alpha value is -1.16. The van der Waals surface area contributed by atoms with Gasteiger partial charge in [-0.3, -0.25) is 4.40 Å². The summed E-state index contributed by atoms with van der Waals surface area (Å²) in [5, 5.41) is 1.90. The highest BCUT2D eigenvalue weighted by Gasteiger charge is 2.38. The van der Waals surface area contributed by atoms with E-state index >= 15 is 0 Å². The van der Waals surface area contributed by atoms with E-state index in [0.717, 1.165) is 6.42 Å². The molecule has 1 saturated carbocycles. The number of aromatic nitrogens is 2. The fourth-order valence-corrected chi connectivity index (χ4v) is 4.53. The second-order valence-corrected chi connectivity index (χ2v) is 8.06. The fourth-order valence-electron chi connectivity index (χ4n) is 2.33. The van der Waals surface area contributed by atoms with E-state index in [1.165, 1.54) is 15.6 Å². The average molecular weight is 315 g/mol. The number of rotatable bonds is 5. The summed E-state index contributed by atoms with van der Waals surface area (Å²) in [6, 6.07) is 0. The van der Waals surface area contributed by atoms with Crippen LogP contribution in [-0.4, -0.2) is 35.7 Å². The minimum atomic E-state index is -3.62. The number of nitrogens with zero attached hydrogens (tertiary/aromatic N) is 3. The first-order valence-corrected chi connectivity index (χ1v) is 8.65. The molecule has 2 unspecified atom stereocenters. The second-order valence-electron chi connectivity index (χ2n) is 5.22. The predicted molar refractivity (Wildman–Crippen MR) is 78.0 cm³/mol. The van der Waals surface area contributed by atoms with Crippen molar-refractivity contribution in [3.8, 4) is 0 Å². The van der Waals surface area contributed by atoms with Gasteiger partial charge >= 0.3 is 0 Å². The summed E-state index contributed by atoms with van der Waals surface area (Å²) in [4.78, 5) is 4.79. The number of hydrogen-bond acceptors (Lipinski definition) is 6. The predicted octanol–water partition coefficient (Wildman–Crippen LogP) is 0.958. The van der Waals surface area contributed by atoms with Crippen molar-refractivity contribution in [1.82, 2.24) is 13.7 Å². The number of hydrogen-bond donors (Lipinski definition) is 2. The van der Waals surface area contributed by atoms with Crippen molar-refractivity contribution in [2.24, 2.45) is 17.7 Å². The molecule has 0 aliphatic heterocycles. The van der Waals surface area contributed by atoms with Gasteiger partial charge in [0.15, 0.2) is 10.8 Å². The topological polar surface area (TPSA) is 92.7 Å². The molecule has 0 radical (unpaired) electrons. The zero-order valence-corrected chi connectivity index (χ0v) is 12.9. The molecule has 20 heavy (non-hydrogen) atoms. The van der Waals surface area contributed by atoms with Gasteiger partial charge in [-0.25, -0.2) is 14.3 Å². The molecule has 110 valence electrons. The number of fused-ring (bicyclic) bond motifs is 1. The standard InChI is InChI=1S/C11H17N5O2S2/c1-7-5-8(7)6-15(2)20(17,18)10-9(14-12)13-11-16(10)3-4-19-11/h3-4,7-8,14H,5-6,12H2,1-2H3. The van der Waals surface area contributed by atoms with E-state index in [0.29, 0.717) is 23.3 Å². The van der Waals surface area contributed by atoms with Gasteiger partial charge in [-0.1, -0.05) is 6.92 Å². The van der Waals surface area contributed by atoms with Crippen molar-refractivity contribution < 1.29 is 8.42 Å². The lowest BCUT2D eigenvalue weighted by atomic mass is 10.3. The summed E-state index contributed by atoms with van der Waals surface area (Å²) in [5.41, 5.74) is 2.38. The number of imidazole rings is 1. The first-order chi connectivity index (χ1) is 9.45. The Kier molecular flexibility index (Phi) is 3.24. The highest BCUT2D eigenvalue weighted by molar-refractivity contribution is 7.89. The molecule has 3 N–H and O–H groups in total. The molecule has 1 aliphatic carbocycles. The molecule has 1 aliphatic rings. The second kappa shape index (κ2) is 4.69. The van der Waals surface area contributed by atoms with Crippen LogP contribution in [0.5, 0.6) is 0 Å². The molecule has 0 spiro atoms. The SMILES string of the molecule is CC1CC1CN(C)S(=O)(=O)c1c(NN)nc2sccn12. The number of nitrogen functional groups attached to an aromatic ring is 1. The highest BCUT2D eigenvalue weighted by Crippen LogP contribution is 2.39. The quantitative estimate of drug-likeness (QED) is 0.633. The molecule has 2 aromatic heterocycles. The average Bonchev–Trinajstić information content (AvgIpc) is 2.78. The molecule has 2 heterocycles. The lowest BCUT2D eigenvalue weighted by Gasteiger charge is -2.17. The van der Waals surface area contributed by atoms with E-state index in [1.807, 2.05) is 0 Å². The van der Waals surface area contributed by atoms with Crippen molar-refractivity contribution in [3.63, 3.8) is 0 Å². The third kappa shape index (κ3) is 2.10. The van der Waals surface area contributed by atoms with Gasteiger partial charge in [-0.15, -0.1) is 11.3 Å². The van der Waals surface area contributed by atoms with Crippen molar-refractivity contribution >= 4 is 32.1 Å². The molecule has 9 heteroatoms. The van der Waals surface area contributed by atoms with Crippen molar-refractivity contribution in [2.45, 2.75) is 18.4 Å². The van der Waals surface area contributed by atoms with E-state index in [2.05, 4.69) is 17.3 Å². The number of thiazole rings is 1. The highest BCUT2D eigenvalue weighted by atomic mass is 32.2. The van der Waals surface area contributed by atoms with Crippen molar-refractivity contribution in [3.05, 3.63) is 11.6 Å². The van der Waals surface area contributed by atoms with E-state index in [4.69, 9.17) is 5.84 Å². The minimum absolute atomic E-state index is 0.104. The van der Waals surface area contributed by atoms with Crippen LogP contribution in [0.25, 0.3) is 4.96 Å². The van der Waals surface area contributed by atoms with Gasteiger partial charge in [0.05, 0.1) is 0 Å². The molecule has 0 bridgehead atoms. The van der Waals surface area contributed by atoms with Crippen LogP contribution in [0.15, 0.2) is 16.6 Å². The summed E-state index contributed by atoms with van der Waals surface area (Å²) < 4.78 is 28.4. The van der Waals surface area contributed by atoms with E-state index in [9.17, 15) is 8.42 Å². The van der Waals surface area contributed by atoms with Gasteiger partial charge < -0.3 is 5.43 Å². The van der Waals surface area contributed by atoms with Crippen molar-refractivity contribution in [1.29, 1.82) is 0 Å². The van der Waals surface area contributed by atoms with Gasteiger partial charge in [-0.05, 0) is 18.3 Å². The van der Waals surface area contributed by atoms with Crippen LogP contribution in [0, 0.1) is 11.8 Å². The summed E-state index contributed by atoms with van der Waals surface area (Å²) >= 11 is 1.37. The first kappa shape index (κ1) is 13.8. The lowest BCUT2D eigenvalue weighted by Crippen LogP contribution is -2.31. The molecule has 0 saturated heterocycles. The maximum absolute atomic E-state index is 12.7. The number of anilines is 1. The Morgan fingerprint density at radius 1 is 1.65 bits per heavy atom. The van der Waals surface area contributed by atoms with E-state index < -0.39 is 10.0 Å². The largest absolute Gasteiger partial charge is 0.306 e. The Morgan fingerprint density at radius 2 is 2.35 bits per heavy atom. The zero-order chi connectivity index (χ0) is 14.5. The molecule has 1 fully saturated rings. The number of nitrogens with one attached hydrogen (secondary N) is 1. The van der Waals surface area contributed by atoms with Crippen molar-refractivity contribution in [2.75, 3.05) is 19.0 Å². The number of sulfonamides is 1. The smallest absolute Gasteiger partial charge is 0.262 e. The molecule has 0 amide bonds. The summed E-state index contributed by atoms with van der Waals surface area (Å²) in [5.74, 6) is 6.65. The Labute approximate surface area is 121 Å². The van der Waals surface area contributed by atoms with Crippen LogP contribution in [0.3, 0.4) is 0 Å². The molecule has 0 aromatic carbocycles. The molecular formula is C11H17N5O2S2. The maximum atomic E-state index is 12.7. The fraction of sp³-hybridized carbons (Fsp3) is 0.545. The zero-order valence-electron chi connectivity index (χ0n) is 11.3. The van der Waals surface area contributed by atoms with Crippen LogP contribution < -0.4 is 11.3 Å².